The van der Waals surface area contributed by atoms with Gasteiger partial charge in [-0.05, 0) is 54.1 Å². The summed E-state index contributed by atoms with van der Waals surface area (Å²) in [5.41, 5.74) is 1.31. The Balaban J connectivity index is 1.79. The van der Waals surface area contributed by atoms with E-state index in [0.29, 0.717) is 6.07 Å². The Morgan fingerprint density at radius 1 is 0.784 bits per heavy atom. The molecule has 37 heavy (non-hydrogen) atoms. The van der Waals surface area contributed by atoms with Crippen molar-refractivity contribution in [1.82, 2.24) is 9.97 Å². The van der Waals surface area contributed by atoms with Gasteiger partial charge in [-0.3, -0.25) is 0 Å². The molecule has 1 N–H and O–H groups in total. The van der Waals surface area contributed by atoms with Crippen LogP contribution in [-0.2, 0) is 6.18 Å². The van der Waals surface area contributed by atoms with Gasteiger partial charge >= 0.3 is 18.9 Å². The average molecular weight is 539 g/mol. The third-order valence-corrected chi connectivity index (χ3v) is 4.30. The van der Waals surface area contributed by atoms with Crippen molar-refractivity contribution in [1.29, 1.82) is 0 Å². The first-order chi connectivity index (χ1) is 17.1. The molecule has 0 aliphatic carbocycles. The fourth-order valence-corrected chi connectivity index (χ4v) is 2.73. The highest BCUT2D eigenvalue weighted by Gasteiger charge is 2.34. The van der Waals surface area contributed by atoms with Crippen LogP contribution in [0.4, 0.5) is 57.0 Å². The minimum atomic E-state index is -4.92. The zero-order valence-electron chi connectivity index (χ0n) is 18.3. The zero-order chi connectivity index (χ0) is 27.4. The minimum absolute atomic E-state index is 0.178. The summed E-state index contributed by atoms with van der Waals surface area (Å²) in [6.07, 6.45) is -13.6. The molecule has 3 rings (SSSR count). The van der Waals surface area contributed by atoms with Crippen LogP contribution in [0, 0.1) is 0 Å². The maximum absolute atomic E-state index is 13.4. The van der Waals surface area contributed by atoms with E-state index in [0.717, 1.165) is 35.4 Å². The molecule has 16 heteroatoms. The van der Waals surface area contributed by atoms with Gasteiger partial charge < -0.3 is 14.4 Å². The number of rotatable bonds is 7. The van der Waals surface area contributed by atoms with Crippen molar-refractivity contribution < 1.29 is 49.0 Å². The van der Waals surface area contributed by atoms with Crippen LogP contribution < -0.4 is 19.8 Å². The van der Waals surface area contributed by atoms with E-state index in [2.05, 4.69) is 30.0 Å². The van der Waals surface area contributed by atoms with E-state index >= 15 is 0 Å². The van der Waals surface area contributed by atoms with Gasteiger partial charge in [0, 0.05) is 18.8 Å². The van der Waals surface area contributed by atoms with E-state index in [4.69, 9.17) is 0 Å². The molecule has 0 aliphatic rings. The fourth-order valence-electron chi connectivity index (χ4n) is 2.73. The summed E-state index contributed by atoms with van der Waals surface area (Å²) in [7, 11) is 1.32. The molecule has 2 aromatic carbocycles. The van der Waals surface area contributed by atoms with Crippen molar-refractivity contribution in [3.63, 3.8) is 0 Å². The molecular weight excluding hydrogens is 525 g/mol. The largest absolute Gasteiger partial charge is 0.573 e. The Kier molecular flexibility index (Phi) is 7.69. The molecule has 0 amide bonds. The molecule has 0 unspecified atom stereocenters. The average Bonchev–Trinajstić information content (AvgIpc) is 2.77. The van der Waals surface area contributed by atoms with Crippen molar-refractivity contribution in [2.24, 2.45) is 5.10 Å². The van der Waals surface area contributed by atoms with Gasteiger partial charge in [-0.2, -0.15) is 23.3 Å². The van der Waals surface area contributed by atoms with Gasteiger partial charge in [0.15, 0.2) is 5.69 Å². The summed E-state index contributed by atoms with van der Waals surface area (Å²) >= 11 is 0. The number of halogens is 9. The quantitative estimate of drug-likeness (QED) is 0.210. The highest BCUT2D eigenvalue weighted by Crippen LogP contribution is 2.33. The van der Waals surface area contributed by atoms with Crippen LogP contribution in [0.3, 0.4) is 0 Å². The summed E-state index contributed by atoms with van der Waals surface area (Å²) in [6.45, 7) is 0. The first-order valence-corrected chi connectivity index (χ1v) is 9.80. The second-order valence-corrected chi connectivity index (χ2v) is 7.02. The lowest BCUT2D eigenvalue weighted by Gasteiger charge is -2.20. The molecule has 1 heterocycles. The minimum Gasteiger partial charge on any atom is -0.406 e. The van der Waals surface area contributed by atoms with Crippen LogP contribution in [0.2, 0.25) is 0 Å². The number of ether oxygens (including phenoxy) is 2. The fraction of sp³-hybridized carbons (Fsp3) is 0.190. The third-order valence-electron chi connectivity index (χ3n) is 4.30. The first kappa shape index (κ1) is 27.3. The maximum Gasteiger partial charge on any atom is 0.573 e. The van der Waals surface area contributed by atoms with Crippen molar-refractivity contribution in [3.05, 3.63) is 65.9 Å². The number of nitrogens with zero attached hydrogens (tertiary/aromatic N) is 4. The number of anilines is 3. The molecule has 198 valence electrons. The van der Waals surface area contributed by atoms with Gasteiger partial charge in [0.2, 0.25) is 5.95 Å². The predicted molar refractivity (Wildman–Crippen MR) is 113 cm³/mol. The van der Waals surface area contributed by atoms with Crippen LogP contribution in [0.15, 0.2) is 59.7 Å². The Morgan fingerprint density at radius 2 is 1.30 bits per heavy atom. The summed E-state index contributed by atoms with van der Waals surface area (Å²) in [6, 6.07) is 9.35. The Labute approximate surface area is 202 Å². The summed E-state index contributed by atoms with van der Waals surface area (Å²) in [4.78, 5) is 8.42. The molecule has 0 fully saturated rings. The van der Waals surface area contributed by atoms with Crippen LogP contribution in [0.25, 0.3) is 0 Å². The number of alkyl halides is 9. The van der Waals surface area contributed by atoms with E-state index < -0.39 is 42.0 Å². The summed E-state index contributed by atoms with van der Waals surface area (Å²) < 4.78 is 121. The van der Waals surface area contributed by atoms with Crippen LogP contribution >= 0.6 is 0 Å². The summed E-state index contributed by atoms with van der Waals surface area (Å²) in [5, 5.41) is 3.69. The second kappa shape index (κ2) is 10.4. The second-order valence-electron chi connectivity index (χ2n) is 7.02. The predicted octanol–water partition coefficient (Wildman–Crippen LogP) is 6.51. The topological polar surface area (TPSA) is 71.9 Å². The van der Waals surface area contributed by atoms with Crippen molar-refractivity contribution in [2.75, 3.05) is 17.4 Å². The van der Waals surface area contributed by atoms with Crippen LogP contribution in [-0.4, -0.2) is 36.0 Å². The molecule has 0 aliphatic heterocycles. The van der Waals surface area contributed by atoms with Gasteiger partial charge in [-0.1, -0.05) is 0 Å². The van der Waals surface area contributed by atoms with Gasteiger partial charge in [0.05, 0.1) is 6.21 Å². The molecule has 0 saturated heterocycles. The molecular formula is C21H14F9N5O2. The molecule has 7 nitrogen and oxygen atoms in total. The Hall–Kier alpha value is -4.24. The standard InChI is InChI=1S/C21H14F9N5O2/c1-35(13-4-8-15(9-5-13)37-21(28,29)30)17-10-16(19(22,23)24)32-18(33-17)34-31-11-12-2-6-14(7-3-12)36-20(25,26)27/h2-11H,1H3,(H,32,33,34). The SMILES string of the molecule is CN(c1ccc(OC(F)(F)F)cc1)c1cc(C(F)(F)F)nc(NN=Cc2ccc(OC(F)(F)F)cc2)n1. The van der Waals surface area contributed by atoms with Gasteiger partial charge in [-0.15, -0.1) is 26.3 Å². The highest BCUT2D eigenvalue weighted by molar-refractivity contribution is 5.80. The molecule has 0 spiro atoms. The highest BCUT2D eigenvalue weighted by atomic mass is 19.4. The number of hydrazone groups is 1. The van der Waals surface area contributed by atoms with Crippen molar-refractivity contribution >= 4 is 23.7 Å². The Morgan fingerprint density at radius 3 is 1.78 bits per heavy atom. The van der Waals surface area contributed by atoms with E-state index in [1.807, 2.05) is 0 Å². The zero-order valence-corrected chi connectivity index (χ0v) is 18.3. The molecule has 1 aromatic heterocycles. The van der Waals surface area contributed by atoms with Crippen molar-refractivity contribution in [3.8, 4) is 11.5 Å². The normalized spacial score (nSPS) is 12.5. The number of benzene rings is 2. The van der Waals surface area contributed by atoms with E-state index in [-0.39, 0.29) is 17.1 Å². The van der Waals surface area contributed by atoms with E-state index in [1.165, 1.54) is 31.3 Å². The molecule has 0 saturated carbocycles. The van der Waals surface area contributed by atoms with Crippen LogP contribution in [0.5, 0.6) is 11.5 Å². The number of hydrogen-bond acceptors (Lipinski definition) is 7. The lowest BCUT2D eigenvalue weighted by molar-refractivity contribution is -0.275. The van der Waals surface area contributed by atoms with E-state index in [1.54, 1.807) is 0 Å². The Bertz CT molecular complexity index is 1230. The van der Waals surface area contributed by atoms with E-state index in [9.17, 15) is 39.5 Å². The lowest BCUT2D eigenvalue weighted by atomic mass is 10.2. The monoisotopic (exact) mass is 539 g/mol. The van der Waals surface area contributed by atoms with Gasteiger partial charge in [0.25, 0.3) is 0 Å². The molecule has 0 radical (unpaired) electrons. The molecule has 3 aromatic rings. The van der Waals surface area contributed by atoms with Crippen molar-refractivity contribution in [2.45, 2.75) is 18.9 Å². The maximum atomic E-state index is 13.4. The van der Waals surface area contributed by atoms with Gasteiger partial charge in [-0.25, -0.2) is 10.4 Å². The lowest BCUT2D eigenvalue weighted by Crippen LogP contribution is -2.18. The smallest absolute Gasteiger partial charge is 0.406 e. The molecule has 0 bridgehead atoms. The van der Waals surface area contributed by atoms with Crippen LogP contribution in [0.1, 0.15) is 11.3 Å². The number of nitrogens with one attached hydrogen (secondary N) is 1. The van der Waals surface area contributed by atoms with Gasteiger partial charge in [0.1, 0.15) is 17.3 Å². The molecule has 0 atom stereocenters. The number of aromatic nitrogens is 2. The number of hydrogen-bond donors (Lipinski definition) is 1. The third kappa shape index (κ3) is 8.43. The first-order valence-electron chi connectivity index (χ1n) is 9.80. The summed E-state index contributed by atoms with van der Waals surface area (Å²) in [5.74, 6) is -1.87.